The van der Waals surface area contributed by atoms with Crippen molar-refractivity contribution in [2.45, 2.75) is 38.3 Å². The van der Waals surface area contributed by atoms with Gasteiger partial charge >= 0.3 is 0 Å². The number of hydrogen-bond acceptors (Lipinski definition) is 2. The molecular formula is C19H23NO. The molecule has 0 bridgehead atoms. The van der Waals surface area contributed by atoms with E-state index in [0.29, 0.717) is 0 Å². The third-order valence-corrected chi connectivity index (χ3v) is 4.68. The summed E-state index contributed by atoms with van der Waals surface area (Å²) in [5, 5.41) is 15.3. The average Bonchev–Trinajstić information content (AvgIpc) is 3.02. The molecule has 2 N–H and O–H groups in total. The summed E-state index contributed by atoms with van der Waals surface area (Å²) in [7, 11) is 0. The summed E-state index contributed by atoms with van der Waals surface area (Å²) in [5.74, 6) is 0. The van der Waals surface area contributed by atoms with Crippen LogP contribution >= 0.6 is 0 Å². The number of aliphatic hydroxyl groups is 1. The van der Waals surface area contributed by atoms with Crippen LogP contribution in [0.4, 0.5) is 0 Å². The third-order valence-electron chi connectivity index (χ3n) is 4.68. The minimum absolute atomic E-state index is 0.0692. The zero-order valence-electron chi connectivity index (χ0n) is 12.8. The molecule has 21 heavy (non-hydrogen) atoms. The van der Waals surface area contributed by atoms with Gasteiger partial charge in [0.2, 0.25) is 0 Å². The van der Waals surface area contributed by atoms with Gasteiger partial charge in [-0.2, -0.15) is 0 Å². The van der Waals surface area contributed by atoms with Crippen molar-refractivity contribution in [3.05, 3.63) is 70.8 Å². The lowest BCUT2D eigenvalue weighted by molar-refractivity contribution is 0.0430. The first kappa shape index (κ1) is 14.3. The minimum atomic E-state index is -0.965. The summed E-state index contributed by atoms with van der Waals surface area (Å²) in [6.07, 6.45) is 2.11. The summed E-state index contributed by atoms with van der Waals surface area (Å²) in [5.41, 5.74) is 3.33. The van der Waals surface area contributed by atoms with Crippen LogP contribution in [-0.2, 0) is 5.60 Å². The van der Waals surface area contributed by atoms with E-state index >= 15 is 0 Å². The molecule has 0 radical (unpaired) electrons. The molecule has 0 aromatic heterocycles. The SMILES string of the molecule is Cc1ccccc1C(O)(c1ccccc1C)[C@H]1CCCN1. The molecule has 2 heteroatoms. The fourth-order valence-electron chi connectivity index (χ4n) is 3.56. The first-order valence-corrected chi connectivity index (χ1v) is 7.72. The van der Waals surface area contributed by atoms with Crippen LogP contribution in [0, 0.1) is 13.8 Å². The Labute approximate surface area is 126 Å². The molecule has 1 heterocycles. The second-order valence-electron chi connectivity index (χ2n) is 6.05. The number of rotatable bonds is 3. The first-order chi connectivity index (χ1) is 10.1. The van der Waals surface area contributed by atoms with Crippen molar-refractivity contribution >= 4 is 0 Å². The highest BCUT2D eigenvalue weighted by Crippen LogP contribution is 2.39. The van der Waals surface area contributed by atoms with Crippen LogP contribution in [0.1, 0.15) is 35.1 Å². The first-order valence-electron chi connectivity index (χ1n) is 7.72. The molecule has 1 aliphatic rings. The smallest absolute Gasteiger partial charge is 0.130 e. The highest BCUT2D eigenvalue weighted by molar-refractivity contribution is 5.45. The fraction of sp³-hybridized carbons (Fsp3) is 0.368. The fourth-order valence-corrected chi connectivity index (χ4v) is 3.56. The van der Waals surface area contributed by atoms with Crippen LogP contribution in [0.3, 0.4) is 0 Å². The maximum Gasteiger partial charge on any atom is 0.130 e. The van der Waals surface area contributed by atoms with Crippen molar-refractivity contribution in [2.75, 3.05) is 6.54 Å². The lowest BCUT2D eigenvalue weighted by Gasteiger charge is -2.37. The van der Waals surface area contributed by atoms with E-state index in [9.17, 15) is 5.11 Å². The van der Waals surface area contributed by atoms with E-state index in [2.05, 4.69) is 43.4 Å². The Balaban J connectivity index is 2.21. The standard InChI is InChI=1S/C19H23NO/c1-14-8-3-5-10-16(14)19(21,18-12-7-13-20-18)17-11-6-4-9-15(17)2/h3-6,8-11,18,20-21H,7,12-13H2,1-2H3/t18-/m1/s1. The van der Waals surface area contributed by atoms with Crippen molar-refractivity contribution in [3.8, 4) is 0 Å². The molecular weight excluding hydrogens is 258 g/mol. The van der Waals surface area contributed by atoms with Crippen LogP contribution in [0.5, 0.6) is 0 Å². The second-order valence-corrected chi connectivity index (χ2v) is 6.05. The molecule has 1 saturated heterocycles. The van der Waals surface area contributed by atoms with Crippen molar-refractivity contribution < 1.29 is 5.11 Å². The lowest BCUT2D eigenvalue weighted by Crippen LogP contribution is -2.47. The topological polar surface area (TPSA) is 32.3 Å². The monoisotopic (exact) mass is 281 g/mol. The Hall–Kier alpha value is -1.64. The number of aryl methyl sites for hydroxylation is 2. The van der Waals surface area contributed by atoms with Gasteiger partial charge in [-0.25, -0.2) is 0 Å². The molecule has 0 amide bonds. The highest BCUT2D eigenvalue weighted by atomic mass is 16.3. The van der Waals surface area contributed by atoms with Crippen LogP contribution in [0.15, 0.2) is 48.5 Å². The van der Waals surface area contributed by atoms with E-state index in [1.807, 2.05) is 24.3 Å². The Morgan fingerprint density at radius 3 is 1.90 bits per heavy atom. The van der Waals surface area contributed by atoms with Crippen molar-refractivity contribution in [2.24, 2.45) is 0 Å². The zero-order valence-corrected chi connectivity index (χ0v) is 12.8. The van der Waals surface area contributed by atoms with E-state index in [0.717, 1.165) is 41.6 Å². The molecule has 110 valence electrons. The quantitative estimate of drug-likeness (QED) is 0.905. The van der Waals surface area contributed by atoms with Crippen molar-refractivity contribution in [1.82, 2.24) is 5.32 Å². The number of hydrogen-bond donors (Lipinski definition) is 2. The second kappa shape index (κ2) is 5.63. The molecule has 2 nitrogen and oxygen atoms in total. The maximum absolute atomic E-state index is 11.8. The van der Waals surface area contributed by atoms with Crippen LogP contribution < -0.4 is 5.32 Å². The van der Waals surface area contributed by atoms with Crippen LogP contribution in [0.2, 0.25) is 0 Å². The predicted octanol–water partition coefficient (Wildman–Crippen LogP) is 3.29. The van der Waals surface area contributed by atoms with Gasteiger partial charge in [0.15, 0.2) is 0 Å². The van der Waals surface area contributed by atoms with Gasteiger partial charge in [-0.3, -0.25) is 0 Å². The van der Waals surface area contributed by atoms with Gasteiger partial charge in [-0.05, 0) is 55.5 Å². The normalized spacial score (nSPS) is 18.9. The molecule has 0 aliphatic carbocycles. The molecule has 2 aromatic rings. The van der Waals surface area contributed by atoms with Crippen molar-refractivity contribution in [1.29, 1.82) is 0 Å². The summed E-state index contributed by atoms with van der Waals surface area (Å²) in [6.45, 7) is 5.13. The van der Waals surface area contributed by atoms with Gasteiger partial charge in [-0.15, -0.1) is 0 Å². The summed E-state index contributed by atoms with van der Waals surface area (Å²) >= 11 is 0. The van der Waals surface area contributed by atoms with E-state index in [-0.39, 0.29) is 6.04 Å². The molecule has 0 saturated carbocycles. The Kier molecular flexibility index (Phi) is 3.83. The molecule has 2 aromatic carbocycles. The minimum Gasteiger partial charge on any atom is -0.379 e. The van der Waals surface area contributed by atoms with Crippen molar-refractivity contribution in [3.63, 3.8) is 0 Å². The number of nitrogens with one attached hydrogen (secondary N) is 1. The Morgan fingerprint density at radius 1 is 0.952 bits per heavy atom. The third kappa shape index (κ3) is 2.39. The van der Waals surface area contributed by atoms with Gasteiger partial charge in [0.25, 0.3) is 0 Å². The molecule has 0 spiro atoms. The maximum atomic E-state index is 11.8. The van der Waals surface area contributed by atoms with Gasteiger partial charge in [0, 0.05) is 6.04 Å². The Bertz CT molecular complexity index is 583. The largest absolute Gasteiger partial charge is 0.379 e. The lowest BCUT2D eigenvalue weighted by atomic mass is 9.76. The summed E-state index contributed by atoms with van der Waals surface area (Å²) in [6, 6.07) is 16.4. The van der Waals surface area contributed by atoms with Gasteiger partial charge in [0.05, 0.1) is 0 Å². The molecule has 1 aliphatic heterocycles. The molecule has 1 atom stereocenters. The van der Waals surface area contributed by atoms with E-state index < -0.39 is 5.60 Å². The molecule has 3 rings (SSSR count). The van der Waals surface area contributed by atoms with Crippen LogP contribution in [0.25, 0.3) is 0 Å². The van der Waals surface area contributed by atoms with E-state index in [1.54, 1.807) is 0 Å². The highest BCUT2D eigenvalue weighted by Gasteiger charge is 2.42. The zero-order chi connectivity index (χ0) is 14.9. The summed E-state index contributed by atoms with van der Waals surface area (Å²) in [4.78, 5) is 0. The van der Waals surface area contributed by atoms with Gasteiger partial charge in [0.1, 0.15) is 5.60 Å². The van der Waals surface area contributed by atoms with Gasteiger partial charge in [-0.1, -0.05) is 48.5 Å². The van der Waals surface area contributed by atoms with Crippen LogP contribution in [-0.4, -0.2) is 17.7 Å². The molecule has 1 fully saturated rings. The number of benzene rings is 2. The summed E-state index contributed by atoms with van der Waals surface area (Å²) < 4.78 is 0. The Morgan fingerprint density at radius 2 is 1.48 bits per heavy atom. The average molecular weight is 281 g/mol. The molecule has 0 unspecified atom stereocenters. The van der Waals surface area contributed by atoms with E-state index in [1.165, 1.54) is 0 Å². The van der Waals surface area contributed by atoms with E-state index in [4.69, 9.17) is 0 Å². The van der Waals surface area contributed by atoms with Gasteiger partial charge < -0.3 is 10.4 Å². The predicted molar refractivity (Wildman–Crippen MR) is 86.4 cm³/mol.